The first-order valence-electron chi connectivity index (χ1n) is 7.19. The maximum absolute atomic E-state index is 12.3. The van der Waals surface area contributed by atoms with Crippen molar-refractivity contribution >= 4 is 33.0 Å². The van der Waals surface area contributed by atoms with E-state index in [1.54, 1.807) is 0 Å². The van der Waals surface area contributed by atoms with Gasteiger partial charge < -0.3 is 5.32 Å². The van der Waals surface area contributed by atoms with Crippen LogP contribution in [0, 0.1) is 5.92 Å². The molecule has 0 aromatic heterocycles. The smallest absolute Gasteiger partial charge is 0.228 e. The van der Waals surface area contributed by atoms with Crippen molar-refractivity contribution in [1.82, 2.24) is 0 Å². The molecule has 1 aliphatic rings. The number of carbonyl (C=O) groups excluding carboxylic acids is 1. The minimum absolute atomic E-state index is 0.0533. The predicted molar refractivity (Wildman–Crippen MR) is 85.6 cm³/mol. The molecule has 1 aliphatic heterocycles. The van der Waals surface area contributed by atoms with E-state index in [2.05, 4.69) is 5.32 Å². The van der Waals surface area contributed by atoms with E-state index in [-0.39, 0.29) is 17.4 Å². The van der Waals surface area contributed by atoms with Crippen molar-refractivity contribution in [3.05, 3.63) is 28.3 Å². The van der Waals surface area contributed by atoms with Crippen molar-refractivity contribution in [2.45, 2.75) is 33.1 Å². The summed E-state index contributed by atoms with van der Waals surface area (Å²) in [4.78, 5) is 12.3. The second kappa shape index (κ2) is 6.36. The highest BCUT2D eigenvalue weighted by Crippen LogP contribution is 2.30. The summed E-state index contributed by atoms with van der Waals surface area (Å²) in [6.07, 6.45) is 1.89. The molecule has 1 aromatic rings. The lowest BCUT2D eigenvalue weighted by Crippen LogP contribution is -2.25. The van der Waals surface area contributed by atoms with E-state index in [0.717, 1.165) is 23.2 Å². The quantitative estimate of drug-likeness (QED) is 0.923. The molecule has 21 heavy (non-hydrogen) atoms. The molecule has 4 nitrogen and oxygen atoms in total. The number of rotatable bonds is 4. The molecule has 1 saturated heterocycles. The fourth-order valence-electron chi connectivity index (χ4n) is 2.69. The Balaban J connectivity index is 2.27. The molecule has 0 aliphatic carbocycles. The van der Waals surface area contributed by atoms with E-state index in [9.17, 15) is 13.2 Å². The third kappa shape index (κ3) is 3.58. The topological polar surface area (TPSA) is 63.2 Å². The predicted octanol–water partition coefficient (Wildman–Crippen LogP) is 2.84. The Morgan fingerprint density at radius 3 is 2.57 bits per heavy atom. The molecule has 1 N–H and O–H groups in total. The fraction of sp³-hybridized carbons (Fsp3) is 0.533. The SMILES string of the molecule is CCc1ccc(Cl)c(CC)c1NC(=O)C1CCS(=O)(=O)C1. The van der Waals surface area contributed by atoms with Gasteiger partial charge in [0.2, 0.25) is 5.91 Å². The van der Waals surface area contributed by atoms with Gasteiger partial charge in [-0.3, -0.25) is 4.79 Å². The number of carbonyl (C=O) groups is 1. The summed E-state index contributed by atoms with van der Waals surface area (Å²) < 4.78 is 23.0. The first-order valence-corrected chi connectivity index (χ1v) is 9.39. The Morgan fingerprint density at radius 1 is 1.33 bits per heavy atom. The Morgan fingerprint density at radius 2 is 2.05 bits per heavy atom. The Labute approximate surface area is 130 Å². The van der Waals surface area contributed by atoms with Crippen LogP contribution in [0.5, 0.6) is 0 Å². The van der Waals surface area contributed by atoms with Crippen molar-refractivity contribution in [2.75, 3.05) is 16.8 Å². The van der Waals surface area contributed by atoms with Gasteiger partial charge in [0.15, 0.2) is 9.84 Å². The number of halogens is 1. The molecule has 1 amide bonds. The van der Waals surface area contributed by atoms with Crippen LogP contribution < -0.4 is 5.32 Å². The number of hydrogen-bond donors (Lipinski definition) is 1. The third-order valence-electron chi connectivity index (χ3n) is 3.93. The van der Waals surface area contributed by atoms with E-state index in [1.165, 1.54) is 0 Å². The number of aryl methyl sites for hydroxylation is 1. The number of hydrogen-bond acceptors (Lipinski definition) is 3. The number of anilines is 1. The van der Waals surface area contributed by atoms with Gasteiger partial charge in [0, 0.05) is 10.7 Å². The van der Waals surface area contributed by atoms with Crippen LogP contribution in [0.2, 0.25) is 5.02 Å². The van der Waals surface area contributed by atoms with Crippen LogP contribution >= 0.6 is 11.6 Å². The van der Waals surface area contributed by atoms with E-state index < -0.39 is 15.8 Å². The lowest BCUT2D eigenvalue weighted by Gasteiger charge is -2.17. The Hall–Kier alpha value is -1.07. The first kappa shape index (κ1) is 16.3. The van der Waals surface area contributed by atoms with Crippen LogP contribution in [-0.4, -0.2) is 25.8 Å². The molecular weight excluding hydrogens is 310 g/mol. The maximum Gasteiger partial charge on any atom is 0.228 e. The second-order valence-corrected chi connectivity index (χ2v) is 7.99. The highest BCUT2D eigenvalue weighted by atomic mass is 35.5. The molecular formula is C15H20ClNO3S. The van der Waals surface area contributed by atoms with Crippen molar-refractivity contribution < 1.29 is 13.2 Å². The number of amides is 1. The lowest BCUT2D eigenvalue weighted by atomic mass is 10.0. The van der Waals surface area contributed by atoms with Crippen LogP contribution in [0.15, 0.2) is 12.1 Å². The van der Waals surface area contributed by atoms with Gasteiger partial charge in [0.1, 0.15) is 0 Å². The normalized spacial score (nSPS) is 20.4. The molecule has 0 spiro atoms. The standard InChI is InChI=1S/C15H20ClNO3S/c1-3-10-5-6-13(16)12(4-2)14(10)17-15(18)11-7-8-21(19,20)9-11/h5-6,11H,3-4,7-9H2,1-2H3,(H,17,18). The van der Waals surface area contributed by atoms with Crippen molar-refractivity contribution in [1.29, 1.82) is 0 Å². The fourth-order valence-corrected chi connectivity index (χ4v) is 4.73. The van der Waals surface area contributed by atoms with Gasteiger partial charge in [-0.05, 0) is 36.5 Å². The lowest BCUT2D eigenvalue weighted by molar-refractivity contribution is -0.119. The van der Waals surface area contributed by atoms with Crippen LogP contribution in [0.1, 0.15) is 31.4 Å². The molecule has 1 fully saturated rings. The maximum atomic E-state index is 12.3. The molecule has 1 heterocycles. The minimum atomic E-state index is -3.06. The highest BCUT2D eigenvalue weighted by molar-refractivity contribution is 7.91. The molecule has 116 valence electrons. The largest absolute Gasteiger partial charge is 0.325 e. The summed E-state index contributed by atoms with van der Waals surface area (Å²) in [6.45, 7) is 3.99. The molecule has 1 atom stereocenters. The van der Waals surface area contributed by atoms with E-state index >= 15 is 0 Å². The molecule has 1 aromatic carbocycles. The molecule has 1 unspecified atom stereocenters. The van der Waals surface area contributed by atoms with Gasteiger partial charge in [-0.2, -0.15) is 0 Å². The van der Waals surface area contributed by atoms with Gasteiger partial charge in [-0.15, -0.1) is 0 Å². The van der Waals surface area contributed by atoms with Crippen molar-refractivity contribution in [3.8, 4) is 0 Å². The average molecular weight is 330 g/mol. The number of nitrogens with one attached hydrogen (secondary N) is 1. The number of sulfone groups is 1. The zero-order chi connectivity index (χ0) is 15.6. The zero-order valence-corrected chi connectivity index (χ0v) is 13.9. The molecule has 2 rings (SSSR count). The van der Waals surface area contributed by atoms with Crippen molar-refractivity contribution in [3.63, 3.8) is 0 Å². The van der Waals surface area contributed by atoms with Crippen molar-refractivity contribution in [2.24, 2.45) is 5.92 Å². The molecule has 0 saturated carbocycles. The van der Waals surface area contributed by atoms with Gasteiger partial charge >= 0.3 is 0 Å². The highest BCUT2D eigenvalue weighted by Gasteiger charge is 2.33. The summed E-state index contributed by atoms with van der Waals surface area (Å²) in [7, 11) is -3.06. The Bertz CT molecular complexity index is 655. The van der Waals surface area contributed by atoms with Crippen LogP contribution in [0.25, 0.3) is 0 Å². The summed E-state index contributed by atoms with van der Waals surface area (Å²) >= 11 is 6.20. The van der Waals surface area contributed by atoms with Crippen LogP contribution in [0.3, 0.4) is 0 Å². The summed E-state index contributed by atoms with van der Waals surface area (Å²) in [5.41, 5.74) is 2.68. The summed E-state index contributed by atoms with van der Waals surface area (Å²) in [5, 5.41) is 3.54. The van der Waals surface area contributed by atoms with Gasteiger partial charge in [0.25, 0.3) is 0 Å². The third-order valence-corrected chi connectivity index (χ3v) is 6.05. The Kier molecular flexibility index (Phi) is 4.94. The molecule has 0 radical (unpaired) electrons. The van der Waals surface area contributed by atoms with E-state index in [4.69, 9.17) is 11.6 Å². The monoisotopic (exact) mass is 329 g/mol. The summed E-state index contributed by atoms with van der Waals surface area (Å²) in [5.74, 6) is -0.629. The average Bonchev–Trinajstić information content (AvgIpc) is 2.80. The minimum Gasteiger partial charge on any atom is -0.325 e. The van der Waals surface area contributed by atoms with Crippen LogP contribution in [0.4, 0.5) is 5.69 Å². The van der Waals surface area contributed by atoms with Gasteiger partial charge in [-0.25, -0.2) is 8.42 Å². The molecule has 6 heteroatoms. The zero-order valence-electron chi connectivity index (χ0n) is 12.3. The number of benzene rings is 1. The van der Waals surface area contributed by atoms with E-state index in [1.807, 2.05) is 26.0 Å². The van der Waals surface area contributed by atoms with Crippen LogP contribution in [-0.2, 0) is 27.5 Å². The van der Waals surface area contributed by atoms with Gasteiger partial charge in [0.05, 0.1) is 17.4 Å². The summed E-state index contributed by atoms with van der Waals surface area (Å²) in [6, 6.07) is 3.75. The van der Waals surface area contributed by atoms with E-state index in [0.29, 0.717) is 17.9 Å². The van der Waals surface area contributed by atoms with Gasteiger partial charge in [-0.1, -0.05) is 31.5 Å². The second-order valence-electron chi connectivity index (χ2n) is 5.36. The first-order chi connectivity index (χ1) is 9.88. The molecule has 0 bridgehead atoms.